The van der Waals surface area contributed by atoms with Crippen LogP contribution in [0.2, 0.25) is 4.34 Å². The molecule has 1 unspecified atom stereocenters. The van der Waals surface area contributed by atoms with E-state index in [0.29, 0.717) is 0 Å². The van der Waals surface area contributed by atoms with E-state index in [9.17, 15) is 0 Å². The largest absolute Gasteiger partial charge is 0.152 e. The van der Waals surface area contributed by atoms with E-state index in [4.69, 9.17) is 11.6 Å². The van der Waals surface area contributed by atoms with Crippen molar-refractivity contribution in [3.05, 3.63) is 43.2 Å². The van der Waals surface area contributed by atoms with Crippen LogP contribution in [-0.2, 0) is 0 Å². The van der Waals surface area contributed by atoms with E-state index in [0.717, 1.165) is 4.34 Å². The molecular formula is C10H8BrClS2. The Labute approximate surface area is 105 Å². The lowest BCUT2D eigenvalue weighted by Crippen LogP contribution is -1.88. The van der Waals surface area contributed by atoms with E-state index < -0.39 is 0 Å². The standard InChI is InChI=1S/C10H8BrClS2/c1-6-4-13-5-7(6)10(11)8-2-3-9(12)14-8/h2-5,10H,1H3. The molecule has 0 aliphatic heterocycles. The fourth-order valence-electron chi connectivity index (χ4n) is 1.25. The van der Waals surface area contributed by atoms with Gasteiger partial charge in [0.15, 0.2) is 0 Å². The first-order valence-corrected chi connectivity index (χ1v) is 7.16. The monoisotopic (exact) mass is 306 g/mol. The van der Waals surface area contributed by atoms with Crippen molar-refractivity contribution in [1.82, 2.24) is 0 Å². The summed E-state index contributed by atoms with van der Waals surface area (Å²) in [6, 6.07) is 4.01. The number of aryl methyl sites for hydroxylation is 1. The van der Waals surface area contributed by atoms with E-state index in [-0.39, 0.29) is 4.83 Å². The third-order valence-corrected chi connectivity index (χ3v) is 5.48. The predicted octanol–water partition coefficient (Wildman–Crippen LogP) is 5.26. The van der Waals surface area contributed by atoms with Gasteiger partial charge >= 0.3 is 0 Å². The van der Waals surface area contributed by atoms with Gasteiger partial charge in [0.2, 0.25) is 0 Å². The van der Waals surface area contributed by atoms with Crippen molar-refractivity contribution in [1.29, 1.82) is 0 Å². The van der Waals surface area contributed by atoms with Crippen molar-refractivity contribution in [3.63, 3.8) is 0 Å². The van der Waals surface area contributed by atoms with Gasteiger partial charge in [-0.1, -0.05) is 27.5 Å². The highest BCUT2D eigenvalue weighted by Gasteiger charge is 2.15. The summed E-state index contributed by atoms with van der Waals surface area (Å²) < 4.78 is 0.845. The minimum absolute atomic E-state index is 0.284. The maximum Gasteiger partial charge on any atom is 0.0931 e. The van der Waals surface area contributed by atoms with Gasteiger partial charge < -0.3 is 0 Å². The van der Waals surface area contributed by atoms with Gasteiger partial charge in [0.1, 0.15) is 0 Å². The van der Waals surface area contributed by atoms with Crippen LogP contribution in [0.3, 0.4) is 0 Å². The second kappa shape index (κ2) is 4.35. The molecule has 0 aliphatic rings. The number of hydrogen-bond donors (Lipinski definition) is 0. The van der Waals surface area contributed by atoms with Gasteiger partial charge in [-0.2, -0.15) is 11.3 Å². The Morgan fingerprint density at radius 2 is 2.14 bits per heavy atom. The molecular weight excluding hydrogens is 300 g/mol. The highest BCUT2D eigenvalue weighted by atomic mass is 79.9. The van der Waals surface area contributed by atoms with E-state index >= 15 is 0 Å². The molecule has 0 nitrogen and oxygen atoms in total. The summed E-state index contributed by atoms with van der Waals surface area (Å²) in [4.78, 5) is 1.54. The molecule has 2 heterocycles. The second-order valence-electron chi connectivity index (χ2n) is 3.01. The van der Waals surface area contributed by atoms with Gasteiger partial charge in [0.05, 0.1) is 9.16 Å². The maximum absolute atomic E-state index is 5.91. The summed E-state index contributed by atoms with van der Waals surface area (Å²) in [7, 11) is 0. The third kappa shape index (κ3) is 2.06. The van der Waals surface area contributed by atoms with Gasteiger partial charge in [-0.05, 0) is 40.9 Å². The third-order valence-electron chi connectivity index (χ3n) is 2.01. The topological polar surface area (TPSA) is 0 Å². The highest BCUT2D eigenvalue weighted by Crippen LogP contribution is 2.39. The summed E-state index contributed by atoms with van der Waals surface area (Å²) in [5, 5.41) is 4.35. The van der Waals surface area contributed by atoms with Crippen LogP contribution >= 0.6 is 50.2 Å². The number of halogens is 2. The molecule has 0 aromatic carbocycles. The minimum atomic E-state index is 0.284. The quantitative estimate of drug-likeness (QED) is 0.664. The van der Waals surface area contributed by atoms with Crippen LogP contribution in [0.25, 0.3) is 0 Å². The molecule has 2 rings (SSSR count). The second-order valence-corrected chi connectivity index (χ2v) is 6.42. The molecule has 0 saturated carbocycles. The van der Waals surface area contributed by atoms with Gasteiger partial charge in [0.25, 0.3) is 0 Å². The van der Waals surface area contributed by atoms with Crippen LogP contribution < -0.4 is 0 Å². The molecule has 2 aromatic heterocycles. The van der Waals surface area contributed by atoms with E-state index in [2.05, 4.69) is 39.7 Å². The average molecular weight is 308 g/mol. The molecule has 0 amide bonds. The molecule has 1 atom stereocenters. The maximum atomic E-state index is 5.91. The SMILES string of the molecule is Cc1cscc1C(Br)c1ccc(Cl)s1. The molecule has 0 radical (unpaired) electrons. The van der Waals surface area contributed by atoms with Crippen LogP contribution in [0.1, 0.15) is 20.8 Å². The van der Waals surface area contributed by atoms with E-state index in [1.165, 1.54) is 16.0 Å². The highest BCUT2D eigenvalue weighted by molar-refractivity contribution is 9.09. The molecule has 0 N–H and O–H groups in total. The van der Waals surface area contributed by atoms with Crippen molar-refractivity contribution in [2.45, 2.75) is 11.8 Å². The first-order valence-electron chi connectivity index (χ1n) is 4.10. The summed E-state index contributed by atoms with van der Waals surface area (Å²) >= 11 is 13.0. The number of thiophene rings is 2. The molecule has 0 saturated heterocycles. The van der Waals surface area contributed by atoms with Crippen molar-refractivity contribution in [2.24, 2.45) is 0 Å². The lowest BCUT2D eigenvalue weighted by atomic mass is 10.1. The predicted molar refractivity (Wildman–Crippen MR) is 69.2 cm³/mol. The molecule has 2 aromatic rings. The van der Waals surface area contributed by atoms with Crippen molar-refractivity contribution < 1.29 is 0 Å². The molecule has 74 valence electrons. The Balaban J connectivity index is 2.33. The zero-order valence-electron chi connectivity index (χ0n) is 7.46. The van der Waals surface area contributed by atoms with Crippen LogP contribution in [-0.4, -0.2) is 0 Å². The van der Waals surface area contributed by atoms with E-state index in [1.807, 2.05) is 6.07 Å². The van der Waals surface area contributed by atoms with Crippen LogP contribution in [0.15, 0.2) is 22.9 Å². The Morgan fingerprint density at radius 1 is 1.36 bits per heavy atom. The summed E-state index contributed by atoms with van der Waals surface area (Å²) in [5.74, 6) is 0. The molecule has 14 heavy (non-hydrogen) atoms. The lowest BCUT2D eigenvalue weighted by Gasteiger charge is -2.06. The summed E-state index contributed by atoms with van der Waals surface area (Å²) in [5.41, 5.74) is 2.68. The fraction of sp³-hybridized carbons (Fsp3) is 0.200. The van der Waals surface area contributed by atoms with Gasteiger partial charge in [-0.15, -0.1) is 11.3 Å². The first kappa shape index (κ1) is 10.7. The van der Waals surface area contributed by atoms with Crippen LogP contribution in [0.4, 0.5) is 0 Å². The Bertz CT molecular complexity index is 433. The van der Waals surface area contributed by atoms with Crippen molar-refractivity contribution in [3.8, 4) is 0 Å². The van der Waals surface area contributed by atoms with Crippen molar-refractivity contribution >= 4 is 50.2 Å². The van der Waals surface area contributed by atoms with Crippen LogP contribution in [0, 0.1) is 6.92 Å². The summed E-state index contributed by atoms with van der Waals surface area (Å²) in [6.07, 6.45) is 0. The first-order chi connectivity index (χ1) is 6.68. The molecule has 0 bridgehead atoms. The Hall–Kier alpha value is 0.170. The molecule has 0 aliphatic carbocycles. The van der Waals surface area contributed by atoms with Gasteiger partial charge in [0, 0.05) is 4.88 Å². The van der Waals surface area contributed by atoms with Crippen molar-refractivity contribution in [2.75, 3.05) is 0 Å². The van der Waals surface area contributed by atoms with Crippen LogP contribution in [0.5, 0.6) is 0 Å². The van der Waals surface area contributed by atoms with Gasteiger partial charge in [-0.3, -0.25) is 0 Å². The minimum Gasteiger partial charge on any atom is -0.152 e. The zero-order valence-corrected chi connectivity index (χ0v) is 11.4. The molecule has 0 spiro atoms. The summed E-state index contributed by atoms with van der Waals surface area (Å²) in [6.45, 7) is 2.13. The number of alkyl halides is 1. The zero-order chi connectivity index (χ0) is 10.1. The van der Waals surface area contributed by atoms with E-state index in [1.54, 1.807) is 22.7 Å². The smallest absolute Gasteiger partial charge is 0.0931 e. The average Bonchev–Trinajstić information content (AvgIpc) is 2.73. The molecule has 4 heteroatoms. The number of rotatable bonds is 2. The Kier molecular flexibility index (Phi) is 3.32. The normalized spacial score (nSPS) is 13.1. The van der Waals surface area contributed by atoms with Gasteiger partial charge in [-0.25, -0.2) is 0 Å². The molecule has 0 fully saturated rings. The number of hydrogen-bond acceptors (Lipinski definition) is 2. The fourth-order valence-corrected chi connectivity index (χ4v) is 4.28. The Morgan fingerprint density at radius 3 is 2.64 bits per heavy atom. The lowest BCUT2D eigenvalue weighted by molar-refractivity contribution is 1.21.